The van der Waals surface area contributed by atoms with E-state index in [-0.39, 0.29) is 16.3 Å². The Morgan fingerprint density at radius 3 is 2.67 bits per heavy atom. The van der Waals surface area contributed by atoms with Crippen LogP contribution in [0.5, 0.6) is 0 Å². The molecule has 0 saturated heterocycles. The van der Waals surface area contributed by atoms with Gasteiger partial charge in [0.15, 0.2) is 0 Å². The molecule has 102 valence electrons. The maximum atomic E-state index is 13.0. The normalized spacial score (nSPS) is 15.3. The Morgan fingerprint density at radius 2 is 2.11 bits per heavy atom. The van der Waals surface area contributed by atoms with Crippen molar-refractivity contribution in [3.63, 3.8) is 0 Å². The highest BCUT2D eigenvalue weighted by atomic mass is 32.2. The lowest BCUT2D eigenvalue weighted by Gasteiger charge is -2.14. The summed E-state index contributed by atoms with van der Waals surface area (Å²) in [5, 5.41) is 0. The predicted octanol–water partition coefficient (Wildman–Crippen LogP) is 0.453. The summed E-state index contributed by atoms with van der Waals surface area (Å²) in [4.78, 5) is -0.309. The molecule has 0 aliphatic rings. The zero-order chi connectivity index (χ0) is 13.9. The molecule has 18 heavy (non-hydrogen) atoms. The summed E-state index contributed by atoms with van der Waals surface area (Å²) in [6, 6.07) is 2.60. The number of rotatable bonds is 5. The van der Waals surface area contributed by atoms with Crippen LogP contribution in [0.4, 0.5) is 10.1 Å². The van der Waals surface area contributed by atoms with Crippen molar-refractivity contribution in [1.29, 1.82) is 0 Å². The van der Waals surface area contributed by atoms with Crippen LogP contribution in [-0.4, -0.2) is 30.7 Å². The number of sulfonamides is 1. The summed E-state index contributed by atoms with van der Waals surface area (Å²) in [5.41, 5.74) is 5.47. The number of nitrogens with two attached hydrogens (primary N) is 1. The maximum absolute atomic E-state index is 13.0. The van der Waals surface area contributed by atoms with E-state index in [9.17, 15) is 17.0 Å². The smallest absolute Gasteiger partial charge is 0.242 e. The lowest BCUT2D eigenvalue weighted by molar-refractivity contribution is 0.567. The number of benzene rings is 1. The molecule has 0 saturated carbocycles. The molecule has 0 aliphatic heterocycles. The lowest BCUT2D eigenvalue weighted by atomic mass is 10.3. The van der Waals surface area contributed by atoms with Gasteiger partial charge in [0.2, 0.25) is 10.0 Å². The highest BCUT2D eigenvalue weighted by Crippen LogP contribution is 2.19. The minimum absolute atomic E-state index is 0.0336. The number of anilines is 1. The number of nitrogens with one attached hydrogen (secondary N) is 1. The van der Waals surface area contributed by atoms with E-state index in [1.54, 1.807) is 6.92 Å². The van der Waals surface area contributed by atoms with Crippen molar-refractivity contribution in [2.24, 2.45) is 0 Å². The summed E-state index contributed by atoms with van der Waals surface area (Å²) in [5.74, 6) is -0.509. The Balaban J connectivity index is 2.99. The van der Waals surface area contributed by atoms with Crippen molar-refractivity contribution in [3.8, 4) is 0 Å². The van der Waals surface area contributed by atoms with Gasteiger partial charge in [0.05, 0.1) is 5.69 Å². The van der Waals surface area contributed by atoms with Crippen LogP contribution in [0.3, 0.4) is 0 Å². The Morgan fingerprint density at radius 1 is 1.50 bits per heavy atom. The van der Waals surface area contributed by atoms with E-state index in [4.69, 9.17) is 5.73 Å². The Labute approximate surface area is 108 Å². The lowest BCUT2D eigenvalue weighted by Crippen LogP contribution is -2.36. The van der Waals surface area contributed by atoms with E-state index in [0.29, 0.717) is 0 Å². The Hall–Kier alpha value is -0.990. The van der Waals surface area contributed by atoms with E-state index >= 15 is 0 Å². The van der Waals surface area contributed by atoms with Gasteiger partial charge in [0.25, 0.3) is 0 Å². The fourth-order valence-electron chi connectivity index (χ4n) is 1.46. The van der Waals surface area contributed by atoms with Gasteiger partial charge < -0.3 is 5.73 Å². The molecule has 0 spiro atoms. The third kappa shape index (κ3) is 4.04. The van der Waals surface area contributed by atoms with Crippen LogP contribution in [0.1, 0.15) is 6.92 Å². The molecule has 5 nitrogen and oxygen atoms in total. The molecule has 1 aromatic rings. The van der Waals surface area contributed by atoms with E-state index in [2.05, 4.69) is 4.72 Å². The molecule has 3 N–H and O–H groups in total. The summed E-state index contributed by atoms with van der Waals surface area (Å²) < 4.78 is 50.2. The Bertz CT molecular complexity index is 560. The minimum atomic E-state index is -3.91. The molecule has 1 rings (SSSR count). The van der Waals surface area contributed by atoms with Gasteiger partial charge in [-0.3, -0.25) is 4.21 Å². The van der Waals surface area contributed by atoms with Crippen molar-refractivity contribution in [1.82, 2.24) is 4.72 Å². The topological polar surface area (TPSA) is 89.3 Å². The van der Waals surface area contributed by atoms with Crippen LogP contribution in [-0.2, 0) is 20.8 Å². The van der Waals surface area contributed by atoms with E-state index in [1.165, 1.54) is 12.3 Å². The molecule has 0 radical (unpaired) electrons. The molecule has 0 aliphatic carbocycles. The summed E-state index contributed by atoms with van der Waals surface area (Å²) >= 11 is 0. The first kappa shape index (κ1) is 15.1. The second-order valence-electron chi connectivity index (χ2n) is 3.94. The van der Waals surface area contributed by atoms with Crippen LogP contribution in [0.2, 0.25) is 0 Å². The molecular formula is C10H15FN2O3S2. The SMILES string of the molecule is CC(CS(C)=O)NS(=O)(=O)c1cc(F)ccc1N. The zero-order valence-corrected chi connectivity index (χ0v) is 11.6. The summed E-state index contributed by atoms with van der Waals surface area (Å²) in [7, 11) is -5.04. The quantitative estimate of drug-likeness (QED) is 0.772. The standard InChI is InChI=1S/C10H15FN2O3S2/c1-7(6-17(2)14)13-18(15,16)10-5-8(11)3-4-9(10)12/h3-5,7,13H,6,12H2,1-2H3. The fourth-order valence-corrected chi connectivity index (χ4v) is 3.73. The molecule has 2 unspecified atom stereocenters. The zero-order valence-electron chi connectivity index (χ0n) is 10.0. The number of hydrogen-bond acceptors (Lipinski definition) is 4. The molecule has 0 amide bonds. The van der Waals surface area contributed by atoms with E-state index in [1.807, 2.05) is 0 Å². The summed E-state index contributed by atoms with van der Waals surface area (Å²) in [6.07, 6.45) is 1.47. The van der Waals surface area contributed by atoms with Crippen molar-refractivity contribution in [2.45, 2.75) is 17.9 Å². The first-order chi connectivity index (χ1) is 8.22. The van der Waals surface area contributed by atoms with Gasteiger partial charge >= 0.3 is 0 Å². The molecular weight excluding hydrogens is 279 g/mol. The van der Waals surface area contributed by atoms with Crippen molar-refractivity contribution < 1.29 is 17.0 Å². The predicted molar refractivity (Wildman–Crippen MR) is 69.5 cm³/mol. The maximum Gasteiger partial charge on any atom is 0.242 e. The highest BCUT2D eigenvalue weighted by molar-refractivity contribution is 7.89. The number of hydrogen-bond donors (Lipinski definition) is 2. The average molecular weight is 294 g/mol. The van der Waals surface area contributed by atoms with Crippen molar-refractivity contribution in [3.05, 3.63) is 24.0 Å². The van der Waals surface area contributed by atoms with Crippen LogP contribution in [0.15, 0.2) is 23.1 Å². The summed E-state index contributed by atoms with van der Waals surface area (Å²) in [6.45, 7) is 1.58. The molecule has 1 aromatic carbocycles. The average Bonchev–Trinajstić information content (AvgIpc) is 2.19. The fraction of sp³-hybridized carbons (Fsp3) is 0.400. The monoisotopic (exact) mass is 294 g/mol. The van der Waals surface area contributed by atoms with Gasteiger partial charge in [-0.05, 0) is 25.1 Å². The van der Waals surface area contributed by atoms with Crippen molar-refractivity contribution in [2.75, 3.05) is 17.7 Å². The van der Waals surface area contributed by atoms with Gasteiger partial charge in [0, 0.05) is 28.9 Å². The van der Waals surface area contributed by atoms with E-state index < -0.39 is 32.7 Å². The van der Waals surface area contributed by atoms with Crippen molar-refractivity contribution >= 4 is 26.5 Å². The third-order valence-electron chi connectivity index (χ3n) is 2.11. The van der Waals surface area contributed by atoms with Crippen LogP contribution in [0.25, 0.3) is 0 Å². The van der Waals surface area contributed by atoms with Gasteiger partial charge in [-0.2, -0.15) is 0 Å². The molecule has 0 fully saturated rings. The van der Waals surface area contributed by atoms with Gasteiger partial charge in [-0.25, -0.2) is 17.5 Å². The second kappa shape index (κ2) is 5.77. The highest BCUT2D eigenvalue weighted by Gasteiger charge is 2.21. The van der Waals surface area contributed by atoms with Gasteiger partial charge in [-0.1, -0.05) is 0 Å². The molecule has 8 heteroatoms. The Kier molecular flexibility index (Phi) is 4.83. The van der Waals surface area contributed by atoms with Crippen LogP contribution in [0, 0.1) is 5.82 Å². The number of nitrogen functional groups attached to an aromatic ring is 1. The van der Waals surface area contributed by atoms with E-state index in [0.717, 1.165) is 12.1 Å². The second-order valence-corrected chi connectivity index (χ2v) is 7.11. The molecule has 0 aromatic heterocycles. The number of halogens is 1. The third-order valence-corrected chi connectivity index (χ3v) is 4.72. The first-order valence-corrected chi connectivity index (χ1v) is 8.31. The van der Waals surface area contributed by atoms with Gasteiger partial charge in [0.1, 0.15) is 10.7 Å². The molecule has 0 heterocycles. The molecule has 2 atom stereocenters. The minimum Gasteiger partial charge on any atom is -0.398 e. The van der Waals surface area contributed by atoms with Crippen LogP contribution < -0.4 is 10.5 Å². The largest absolute Gasteiger partial charge is 0.398 e. The van der Waals surface area contributed by atoms with Gasteiger partial charge in [-0.15, -0.1) is 0 Å². The van der Waals surface area contributed by atoms with Crippen LogP contribution >= 0.6 is 0 Å². The molecule has 0 bridgehead atoms. The first-order valence-electron chi connectivity index (χ1n) is 5.10.